The van der Waals surface area contributed by atoms with E-state index in [9.17, 15) is 14.9 Å². The second kappa shape index (κ2) is 9.07. The van der Waals surface area contributed by atoms with Gasteiger partial charge in [0.05, 0.1) is 6.07 Å². The fourth-order valence-corrected chi connectivity index (χ4v) is 3.01. The van der Waals surface area contributed by atoms with E-state index in [0.29, 0.717) is 32.5 Å². The number of alkyl carbamates (subject to hydrolysis) is 1. The van der Waals surface area contributed by atoms with E-state index in [2.05, 4.69) is 16.7 Å². The van der Waals surface area contributed by atoms with Crippen LogP contribution in [-0.2, 0) is 20.7 Å². The molecule has 2 N–H and O–H groups in total. The van der Waals surface area contributed by atoms with Crippen molar-refractivity contribution in [2.75, 3.05) is 13.2 Å². The van der Waals surface area contributed by atoms with Crippen molar-refractivity contribution in [3.63, 3.8) is 0 Å². The number of hydrogen-bond donors (Lipinski definition) is 2. The first-order valence-electron chi connectivity index (χ1n) is 9.49. The van der Waals surface area contributed by atoms with Crippen molar-refractivity contribution in [1.29, 1.82) is 5.26 Å². The average Bonchev–Trinajstić information content (AvgIpc) is 2.62. The minimum absolute atomic E-state index is 0.320. The molecule has 0 unspecified atom stereocenters. The number of carbonyl (C=O) groups is 2. The molecule has 28 heavy (non-hydrogen) atoms. The van der Waals surface area contributed by atoms with Gasteiger partial charge >= 0.3 is 6.09 Å². The highest BCUT2D eigenvalue weighted by Gasteiger charge is 2.43. The van der Waals surface area contributed by atoms with Gasteiger partial charge in [-0.2, -0.15) is 5.26 Å². The second-order valence-corrected chi connectivity index (χ2v) is 8.17. The van der Waals surface area contributed by atoms with E-state index in [1.165, 1.54) is 0 Å². The Balaban J connectivity index is 2.09. The lowest BCUT2D eigenvalue weighted by molar-refractivity contribution is -0.132. The van der Waals surface area contributed by atoms with Gasteiger partial charge < -0.3 is 20.1 Å². The summed E-state index contributed by atoms with van der Waals surface area (Å²) in [7, 11) is 0. The quantitative estimate of drug-likeness (QED) is 0.809. The summed E-state index contributed by atoms with van der Waals surface area (Å²) in [6, 6.07) is 9.25. The lowest BCUT2D eigenvalue weighted by Gasteiger charge is -2.37. The van der Waals surface area contributed by atoms with Crippen LogP contribution in [0.15, 0.2) is 24.3 Å². The van der Waals surface area contributed by atoms with E-state index in [4.69, 9.17) is 9.47 Å². The van der Waals surface area contributed by atoms with E-state index in [1.54, 1.807) is 20.8 Å². The molecule has 7 nitrogen and oxygen atoms in total. The topological polar surface area (TPSA) is 100 Å². The van der Waals surface area contributed by atoms with Crippen LogP contribution in [0.4, 0.5) is 4.79 Å². The maximum absolute atomic E-state index is 13.0. The van der Waals surface area contributed by atoms with Crippen molar-refractivity contribution in [1.82, 2.24) is 10.6 Å². The molecule has 0 aliphatic carbocycles. The summed E-state index contributed by atoms with van der Waals surface area (Å²) >= 11 is 0. The van der Waals surface area contributed by atoms with Gasteiger partial charge in [0.2, 0.25) is 5.91 Å². The van der Waals surface area contributed by atoms with Crippen molar-refractivity contribution in [2.24, 2.45) is 0 Å². The Bertz CT molecular complexity index is 726. The molecule has 152 valence electrons. The molecule has 1 aliphatic heterocycles. The minimum atomic E-state index is -1.15. The van der Waals surface area contributed by atoms with Crippen molar-refractivity contribution >= 4 is 12.0 Å². The molecule has 0 radical (unpaired) electrons. The van der Waals surface area contributed by atoms with Gasteiger partial charge in [-0.05, 0) is 33.3 Å². The molecule has 2 amide bonds. The van der Waals surface area contributed by atoms with Gasteiger partial charge in [0.1, 0.15) is 17.2 Å². The Morgan fingerprint density at radius 1 is 1.25 bits per heavy atom. The number of nitriles is 1. The van der Waals surface area contributed by atoms with Gasteiger partial charge in [-0.3, -0.25) is 4.79 Å². The molecule has 1 aromatic carbocycles. The summed E-state index contributed by atoms with van der Waals surface area (Å²) in [5.74, 6) is -0.389. The number of amides is 2. The largest absolute Gasteiger partial charge is 0.444 e. The minimum Gasteiger partial charge on any atom is -0.444 e. The van der Waals surface area contributed by atoms with Gasteiger partial charge in [0.15, 0.2) is 0 Å². The lowest BCUT2D eigenvalue weighted by atomic mass is 9.88. The number of ether oxygens (including phenoxy) is 2. The average molecular weight is 387 g/mol. The number of hydrogen-bond acceptors (Lipinski definition) is 5. The molecule has 1 aliphatic rings. The summed E-state index contributed by atoms with van der Waals surface area (Å²) < 4.78 is 10.7. The van der Waals surface area contributed by atoms with Gasteiger partial charge in [-0.1, -0.05) is 29.8 Å². The first-order chi connectivity index (χ1) is 13.1. The van der Waals surface area contributed by atoms with E-state index in [-0.39, 0.29) is 5.91 Å². The monoisotopic (exact) mass is 387 g/mol. The maximum Gasteiger partial charge on any atom is 0.408 e. The van der Waals surface area contributed by atoms with Crippen molar-refractivity contribution in [2.45, 2.75) is 64.1 Å². The van der Waals surface area contributed by atoms with E-state index in [0.717, 1.165) is 11.1 Å². The number of nitrogens with zero attached hydrogens (tertiary/aromatic N) is 1. The molecule has 1 saturated heterocycles. The van der Waals surface area contributed by atoms with Crippen LogP contribution >= 0.6 is 0 Å². The lowest BCUT2D eigenvalue weighted by Crippen LogP contribution is -2.63. The number of benzene rings is 1. The SMILES string of the molecule is Cc1ccc(C[C@@H](C#N)NC(=O)C2(NC(=O)OC(C)(C)C)CCOCC2)cc1. The van der Waals surface area contributed by atoms with Crippen LogP contribution < -0.4 is 10.6 Å². The Labute approximate surface area is 166 Å². The molecule has 1 heterocycles. The number of aryl methyl sites for hydroxylation is 1. The van der Waals surface area contributed by atoms with Crippen LogP contribution in [0.25, 0.3) is 0 Å². The van der Waals surface area contributed by atoms with E-state index >= 15 is 0 Å². The number of nitrogens with one attached hydrogen (secondary N) is 2. The highest BCUT2D eigenvalue weighted by Crippen LogP contribution is 2.23. The Morgan fingerprint density at radius 2 is 1.86 bits per heavy atom. The van der Waals surface area contributed by atoms with Crippen LogP contribution in [0.3, 0.4) is 0 Å². The van der Waals surface area contributed by atoms with Crippen LogP contribution in [-0.4, -0.2) is 42.4 Å². The van der Waals surface area contributed by atoms with E-state index in [1.807, 2.05) is 31.2 Å². The second-order valence-electron chi connectivity index (χ2n) is 8.17. The zero-order chi connectivity index (χ0) is 20.8. The maximum atomic E-state index is 13.0. The molecular weight excluding hydrogens is 358 g/mol. The third kappa shape index (κ3) is 6.24. The van der Waals surface area contributed by atoms with Crippen LogP contribution in [0.2, 0.25) is 0 Å². The zero-order valence-corrected chi connectivity index (χ0v) is 17.0. The first kappa shape index (κ1) is 21.7. The zero-order valence-electron chi connectivity index (χ0n) is 17.0. The fourth-order valence-electron chi connectivity index (χ4n) is 3.01. The van der Waals surface area contributed by atoms with Crippen molar-refractivity contribution < 1.29 is 19.1 Å². The Hall–Kier alpha value is -2.59. The molecule has 0 aromatic heterocycles. The molecule has 0 spiro atoms. The van der Waals surface area contributed by atoms with E-state index < -0.39 is 23.3 Å². The standard InChI is InChI=1S/C21H29N3O4/c1-15-5-7-16(8-6-15)13-17(14-22)23-18(25)21(9-11-27-12-10-21)24-19(26)28-20(2,3)4/h5-8,17H,9-13H2,1-4H3,(H,23,25)(H,24,26)/t17-/m0/s1. The van der Waals surface area contributed by atoms with Crippen LogP contribution in [0, 0.1) is 18.3 Å². The van der Waals surface area contributed by atoms with Crippen molar-refractivity contribution in [3.8, 4) is 6.07 Å². The Morgan fingerprint density at radius 3 is 2.39 bits per heavy atom. The predicted molar refractivity (Wildman–Crippen MR) is 105 cm³/mol. The number of carbonyl (C=O) groups excluding carboxylic acids is 2. The molecule has 1 fully saturated rings. The van der Waals surface area contributed by atoms with Gasteiger partial charge in [-0.25, -0.2) is 4.79 Å². The van der Waals surface area contributed by atoms with Crippen molar-refractivity contribution in [3.05, 3.63) is 35.4 Å². The number of rotatable bonds is 5. The normalized spacial score (nSPS) is 17.1. The van der Waals surface area contributed by atoms with Crippen LogP contribution in [0.1, 0.15) is 44.7 Å². The first-order valence-corrected chi connectivity index (χ1v) is 9.49. The summed E-state index contributed by atoms with van der Waals surface area (Å²) in [4.78, 5) is 25.3. The molecule has 7 heteroatoms. The summed E-state index contributed by atoms with van der Waals surface area (Å²) in [5, 5.41) is 15.0. The highest BCUT2D eigenvalue weighted by molar-refractivity contribution is 5.90. The molecule has 0 bridgehead atoms. The molecule has 2 rings (SSSR count). The third-order valence-corrected chi connectivity index (χ3v) is 4.54. The highest BCUT2D eigenvalue weighted by atomic mass is 16.6. The Kier molecular flexibility index (Phi) is 7.03. The predicted octanol–water partition coefficient (Wildman–Crippen LogP) is 2.62. The third-order valence-electron chi connectivity index (χ3n) is 4.54. The van der Waals surface area contributed by atoms with Gasteiger partial charge in [-0.15, -0.1) is 0 Å². The van der Waals surface area contributed by atoms with Gasteiger partial charge in [0.25, 0.3) is 0 Å². The molecule has 1 aromatic rings. The van der Waals surface area contributed by atoms with Gasteiger partial charge in [0, 0.05) is 32.5 Å². The smallest absolute Gasteiger partial charge is 0.408 e. The fraction of sp³-hybridized carbons (Fsp3) is 0.571. The molecule has 0 saturated carbocycles. The molecular formula is C21H29N3O4. The van der Waals surface area contributed by atoms with Crippen LogP contribution in [0.5, 0.6) is 0 Å². The summed E-state index contributed by atoms with van der Waals surface area (Å²) in [6.07, 6.45) is 0.375. The molecule has 1 atom stereocenters. The summed E-state index contributed by atoms with van der Waals surface area (Å²) in [5.41, 5.74) is 0.263. The summed E-state index contributed by atoms with van der Waals surface area (Å²) in [6.45, 7) is 7.96.